The number of anilines is 1. The van der Waals surface area contributed by atoms with Gasteiger partial charge >= 0.3 is 0 Å². The van der Waals surface area contributed by atoms with Gasteiger partial charge in [-0.05, 0) is 65.9 Å². The maximum atomic E-state index is 13.7. The Morgan fingerprint density at radius 3 is 2.24 bits per heavy atom. The molecule has 6 heteroatoms. The molecule has 4 nitrogen and oxygen atoms in total. The molecule has 2 heterocycles. The van der Waals surface area contributed by atoms with Gasteiger partial charge in [-0.15, -0.1) is 0 Å². The van der Waals surface area contributed by atoms with E-state index in [1.807, 2.05) is 72.8 Å². The van der Waals surface area contributed by atoms with E-state index in [0.717, 1.165) is 38.9 Å². The zero-order valence-electron chi connectivity index (χ0n) is 19.8. The number of amides is 1. The van der Waals surface area contributed by atoms with Crippen LogP contribution in [0.2, 0.25) is 0 Å². The van der Waals surface area contributed by atoms with Crippen LogP contribution < -0.4 is 4.90 Å². The van der Waals surface area contributed by atoms with Crippen molar-refractivity contribution in [2.75, 3.05) is 4.90 Å². The molecule has 0 aliphatic carbocycles. The van der Waals surface area contributed by atoms with Crippen molar-refractivity contribution in [1.82, 2.24) is 4.57 Å². The molecule has 0 saturated carbocycles. The summed E-state index contributed by atoms with van der Waals surface area (Å²) < 4.78 is 3.30. The third kappa shape index (κ3) is 4.90. The molecule has 1 amide bonds. The average molecular weight is 565 g/mol. The minimum absolute atomic E-state index is 0.0735. The first-order valence-corrected chi connectivity index (χ1v) is 13.5. The van der Waals surface area contributed by atoms with Gasteiger partial charge in [-0.2, -0.15) is 0 Å². The van der Waals surface area contributed by atoms with Gasteiger partial charge in [0.2, 0.25) is 0 Å². The molecule has 5 aromatic rings. The molecular weight excluding hydrogens is 542 g/mol. The number of nitrogens with zero attached hydrogens (tertiary/aromatic N) is 3. The number of carbonyl (C=O) groups excluding carboxylic acids is 1. The summed E-state index contributed by atoms with van der Waals surface area (Å²) in [5, 5.41) is 1.76. The van der Waals surface area contributed by atoms with Gasteiger partial charge in [-0.25, -0.2) is 4.99 Å². The van der Waals surface area contributed by atoms with Crippen molar-refractivity contribution >= 4 is 67.1 Å². The number of aromatic nitrogens is 1. The summed E-state index contributed by atoms with van der Waals surface area (Å²) in [6, 6.07) is 36.1. The van der Waals surface area contributed by atoms with E-state index >= 15 is 0 Å². The number of benzene rings is 4. The van der Waals surface area contributed by atoms with E-state index in [0.29, 0.717) is 10.1 Å². The van der Waals surface area contributed by atoms with Gasteiger partial charge in [0, 0.05) is 33.7 Å². The molecule has 1 fully saturated rings. The SMILES string of the molecule is O=C1C(=Cc2cn(Cc3ccc(Br)cc3)c3ccccc23)SC(=Nc2ccccc2)N1c1ccccc1. The van der Waals surface area contributed by atoms with Gasteiger partial charge < -0.3 is 4.57 Å². The number of para-hydroxylation sites is 3. The van der Waals surface area contributed by atoms with E-state index < -0.39 is 0 Å². The summed E-state index contributed by atoms with van der Waals surface area (Å²) in [5.74, 6) is -0.0735. The lowest BCUT2D eigenvalue weighted by atomic mass is 10.1. The van der Waals surface area contributed by atoms with Crippen molar-refractivity contribution in [3.63, 3.8) is 0 Å². The highest BCUT2D eigenvalue weighted by atomic mass is 79.9. The smallest absolute Gasteiger partial charge is 0.271 e. The Morgan fingerprint density at radius 1 is 0.811 bits per heavy atom. The molecule has 0 bridgehead atoms. The Labute approximate surface area is 228 Å². The number of halogens is 1. The van der Waals surface area contributed by atoms with Gasteiger partial charge in [-0.1, -0.05) is 82.7 Å². The Hall–Kier alpha value is -3.87. The number of amidine groups is 1. The van der Waals surface area contributed by atoms with E-state index in [-0.39, 0.29) is 5.91 Å². The Bertz CT molecular complexity index is 1640. The van der Waals surface area contributed by atoms with Gasteiger partial charge in [0.25, 0.3) is 5.91 Å². The average Bonchev–Trinajstić information content (AvgIpc) is 3.43. The van der Waals surface area contributed by atoms with Gasteiger partial charge in [-0.3, -0.25) is 9.69 Å². The second kappa shape index (κ2) is 10.2. The quantitative estimate of drug-likeness (QED) is 0.202. The van der Waals surface area contributed by atoms with Crippen molar-refractivity contribution in [3.8, 4) is 0 Å². The lowest BCUT2D eigenvalue weighted by Crippen LogP contribution is -2.28. The summed E-state index contributed by atoms with van der Waals surface area (Å²) in [7, 11) is 0. The van der Waals surface area contributed by atoms with Crippen molar-refractivity contribution in [1.29, 1.82) is 0 Å². The topological polar surface area (TPSA) is 37.6 Å². The number of hydrogen-bond donors (Lipinski definition) is 0. The van der Waals surface area contributed by atoms with Crippen LogP contribution in [0, 0.1) is 0 Å². The summed E-state index contributed by atoms with van der Waals surface area (Å²) in [6.07, 6.45) is 4.13. The number of aliphatic imine (C=N–C) groups is 1. The van der Waals surface area contributed by atoms with Crippen LogP contribution in [-0.2, 0) is 11.3 Å². The highest BCUT2D eigenvalue weighted by molar-refractivity contribution is 9.10. The van der Waals surface area contributed by atoms with Crippen LogP contribution in [-0.4, -0.2) is 15.6 Å². The zero-order valence-corrected chi connectivity index (χ0v) is 22.2. The molecule has 1 aliphatic rings. The number of thioether (sulfide) groups is 1. The van der Waals surface area contributed by atoms with Crippen LogP contribution in [0.1, 0.15) is 11.1 Å². The van der Waals surface area contributed by atoms with Gasteiger partial charge in [0.05, 0.1) is 16.3 Å². The molecule has 37 heavy (non-hydrogen) atoms. The number of carbonyl (C=O) groups is 1. The zero-order chi connectivity index (χ0) is 25.2. The van der Waals surface area contributed by atoms with E-state index in [9.17, 15) is 4.79 Å². The molecule has 0 unspecified atom stereocenters. The van der Waals surface area contributed by atoms with Crippen LogP contribution in [0.5, 0.6) is 0 Å². The molecule has 0 radical (unpaired) electrons. The van der Waals surface area contributed by atoms with Crippen LogP contribution >= 0.6 is 27.7 Å². The predicted molar refractivity (Wildman–Crippen MR) is 158 cm³/mol. The molecule has 0 atom stereocenters. The minimum atomic E-state index is -0.0735. The monoisotopic (exact) mass is 563 g/mol. The highest BCUT2D eigenvalue weighted by Crippen LogP contribution is 2.38. The normalized spacial score (nSPS) is 15.8. The fourth-order valence-corrected chi connectivity index (χ4v) is 5.67. The molecule has 1 aliphatic heterocycles. The second-order valence-corrected chi connectivity index (χ2v) is 10.6. The van der Waals surface area contributed by atoms with Gasteiger partial charge in [0.1, 0.15) is 0 Å². The maximum Gasteiger partial charge on any atom is 0.271 e. The van der Waals surface area contributed by atoms with Crippen LogP contribution in [0.3, 0.4) is 0 Å². The number of rotatable bonds is 5. The molecular formula is C31H22BrN3OS. The van der Waals surface area contributed by atoms with E-state index in [1.165, 1.54) is 17.3 Å². The van der Waals surface area contributed by atoms with Crippen LogP contribution in [0.15, 0.2) is 130 Å². The molecule has 0 spiro atoms. The summed E-state index contributed by atoms with van der Waals surface area (Å²) in [6.45, 7) is 0.745. The number of fused-ring (bicyclic) bond motifs is 1. The van der Waals surface area contributed by atoms with E-state index in [2.05, 4.69) is 69.2 Å². The Morgan fingerprint density at radius 2 is 1.49 bits per heavy atom. The van der Waals surface area contributed by atoms with E-state index in [4.69, 9.17) is 4.99 Å². The Balaban J connectivity index is 1.41. The lowest BCUT2D eigenvalue weighted by Gasteiger charge is -2.15. The van der Waals surface area contributed by atoms with Crippen molar-refractivity contribution in [2.24, 2.45) is 4.99 Å². The first-order valence-electron chi connectivity index (χ1n) is 11.9. The van der Waals surface area contributed by atoms with Crippen molar-refractivity contribution < 1.29 is 4.79 Å². The third-order valence-corrected chi connectivity index (χ3v) is 7.67. The molecule has 4 aromatic carbocycles. The van der Waals surface area contributed by atoms with Crippen molar-refractivity contribution in [2.45, 2.75) is 6.54 Å². The molecule has 6 rings (SSSR count). The molecule has 180 valence electrons. The highest BCUT2D eigenvalue weighted by Gasteiger charge is 2.35. The third-order valence-electron chi connectivity index (χ3n) is 6.17. The molecule has 1 aromatic heterocycles. The minimum Gasteiger partial charge on any atom is -0.342 e. The maximum absolute atomic E-state index is 13.7. The fraction of sp³-hybridized carbons (Fsp3) is 0.0323. The largest absolute Gasteiger partial charge is 0.342 e. The first kappa shape index (κ1) is 23.5. The van der Waals surface area contributed by atoms with Crippen LogP contribution in [0.4, 0.5) is 11.4 Å². The Kier molecular flexibility index (Phi) is 6.51. The standard InChI is InChI=1S/C31H22BrN3OS/c32-24-17-15-22(16-18-24)20-34-21-23(27-13-7-8-14-28(27)34)19-29-30(36)35(26-11-5-2-6-12-26)31(37-29)33-25-9-3-1-4-10-25/h1-19,21H,20H2. The predicted octanol–water partition coefficient (Wildman–Crippen LogP) is 8.26. The first-order chi connectivity index (χ1) is 18.2. The summed E-state index contributed by atoms with van der Waals surface area (Å²) in [4.78, 5) is 20.9. The molecule has 1 saturated heterocycles. The summed E-state index contributed by atoms with van der Waals surface area (Å²) in [5.41, 5.74) is 4.96. The van der Waals surface area contributed by atoms with Crippen molar-refractivity contribution in [3.05, 3.63) is 136 Å². The van der Waals surface area contributed by atoms with E-state index in [1.54, 1.807) is 4.90 Å². The van der Waals surface area contributed by atoms with Crippen LogP contribution in [0.25, 0.3) is 17.0 Å². The summed E-state index contributed by atoms with van der Waals surface area (Å²) >= 11 is 4.92. The second-order valence-electron chi connectivity index (χ2n) is 8.67. The van der Waals surface area contributed by atoms with Gasteiger partial charge in [0.15, 0.2) is 5.17 Å². The fourth-order valence-electron chi connectivity index (χ4n) is 4.42. The molecule has 0 N–H and O–H groups in total. The lowest BCUT2D eigenvalue weighted by molar-refractivity contribution is -0.113. The number of hydrogen-bond acceptors (Lipinski definition) is 3.